The van der Waals surface area contributed by atoms with E-state index in [1.165, 1.54) is 0 Å². The maximum atomic E-state index is 12.3. The Balaban J connectivity index is 1.63. The van der Waals surface area contributed by atoms with E-state index in [-0.39, 0.29) is 23.9 Å². The number of nitrogens with one attached hydrogen (secondary N) is 4. The molecule has 8 heteroatoms. The number of amides is 1. The number of fused-ring (bicyclic) bond motifs is 1. The standard InChI is InChI=1S/C15H21ClN6O/c1-7-13(8(2)22-21-7)14(17)15(23)18-6-12-19-10-4-3-9(16)5-11(10)20-12/h3-5,7-8,13-14,21-22H,6,17H2,1-2H3,(H,18,23)(H,19,20). The molecule has 3 atom stereocenters. The number of nitrogens with zero attached hydrogens (tertiary/aromatic N) is 1. The lowest BCUT2D eigenvalue weighted by molar-refractivity contribution is -0.123. The van der Waals surface area contributed by atoms with Crippen molar-refractivity contribution < 1.29 is 4.79 Å². The molecule has 1 aromatic carbocycles. The summed E-state index contributed by atoms with van der Waals surface area (Å²) in [5.41, 5.74) is 14.0. The summed E-state index contributed by atoms with van der Waals surface area (Å²) in [6.07, 6.45) is 0. The van der Waals surface area contributed by atoms with Crippen molar-refractivity contribution in [3.8, 4) is 0 Å². The molecule has 6 N–H and O–H groups in total. The van der Waals surface area contributed by atoms with Gasteiger partial charge >= 0.3 is 0 Å². The van der Waals surface area contributed by atoms with Crippen molar-refractivity contribution in [1.82, 2.24) is 26.1 Å². The Labute approximate surface area is 139 Å². The van der Waals surface area contributed by atoms with E-state index < -0.39 is 6.04 Å². The number of carbonyl (C=O) groups excluding carboxylic acids is 1. The first-order valence-corrected chi connectivity index (χ1v) is 8.02. The summed E-state index contributed by atoms with van der Waals surface area (Å²) in [4.78, 5) is 19.9. The number of aromatic nitrogens is 2. The zero-order valence-electron chi connectivity index (χ0n) is 13.1. The van der Waals surface area contributed by atoms with E-state index in [1.54, 1.807) is 12.1 Å². The maximum Gasteiger partial charge on any atom is 0.237 e. The van der Waals surface area contributed by atoms with Crippen LogP contribution in [-0.4, -0.2) is 34.0 Å². The number of hydrogen-bond donors (Lipinski definition) is 5. The SMILES string of the molecule is CC1NNC(C)C1C(N)C(=O)NCc1nc2ccc(Cl)cc2[nH]1. The molecule has 0 aliphatic carbocycles. The number of aromatic amines is 1. The van der Waals surface area contributed by atoms with Crippen LogP contribution >= 0.6 is 11.6 Å². The monoisotopic (exact) mass is 336 g/mol. The molecule has 0 spiro atoms. The molecule has 1 aliphatic rings. The lowest BCUT2D eigenvalue weighted by Gasteiger charge is -2.24. The molecule has 23 heavy (non-hydrogen) atoms. The van der Waals surface area contributed by atoms with Crippen molar-refractivity contribution in [3.63, 3.8) is 0 Å². The third-order valence-corrected chi connectivity index (χ3v) is 4.57. The molecule has 0 bridgehead atoms. The number of nitrogens with two attached hydrogens (primary N) is 1. The summed E-state index contributed by atoms with van der Waals surface area (Å²) in [6.45, 7) is 4.32. The van der Waals surface area contributed by atoms with Crippen LogP contribution < -0.4 is 21.9 Å². The van der Waals surface area contributed by atoms with Gasteiger partial charge in [0.1, 0.15) is 5.82 Å². The molecule has 7 nitrogen and oxygen atoms in total. The summed E-state index contributed by atoms with van der Waals surface area (Å²) in [5, 5.41) is 3.49. The molecule has 2 heterocycles. The normalized spacial score (nSPS) is 25.7. The minimum atomic E-state index is -0.582. The largest absolute Gasteiger partial charge is 0.348 e. The Morgan fingerprint density at radius 3 is 2.78 bits per heavy atom. The van der Waals surface area contributed by atoms with Gasteiger partial charge in [-0.3, -0.25) is 15.6 Å². The van der Waals surface area contributed by atoms with Gasteiger partial charge in [0.25, 0.3) is 0 Å². The molecule has 1 aromatic heterocycles. The van der Waals surface area contributed by atoms with Crippen LogP contribution in [0.1, 0.15) is 19.7 Å². The molecule has 124 valence electrons. The van der Waals surface area contributed by atoms with Gasteiger partial charge in [-0.15, -0.1) is 0 Å². The van der Waals surface area contributed by atoms with Gasteiger partial charge < -0.3 is 16.0 Å². The van der Waals surface area contributed by atoms with Gasteiger partial charge in [0.2, 0.25) is 5.91 Å². The van der Waals surface area contributed by atoms with Gasteiger partial charge in [-0.1, -0.05) is 11.6 Å². The molecule has 1 saturated heterocycles. The van der Waals surface area contributed by atoms with Gasteiger partial charge in [-0.2, -0.15) is 0 Å². The van der Waals surface area contributed by atoms with Crippen molar-refractivity contribution in [1.29, 1.82) is 0 Å². The average Bonchev–Trinajstić information content (AvgIpc) is 3.06. The topological polar surface area (TPSA) is 108 Å². The Hall–Kier alpha value is -1.67. The number of imidazole rings is 1. The minimum absolute atomic E-state index is 0.0319. The first-order valence-electron chi connectivity index (χ1n) is 7.64. The Morgan fingerprint density at radius 2 is 2.09 bits per heavy atom. The van der Waals surface area contributed by atoms with Crippen LogP contribution in [0.4, 0.5) is 0 Å². The van der Waals surface area contributed by atoms with Crippen LogP contribution in [0, 0.1) is 5.92 Å². The van der Waals surface area contributed by atoms with Crippen LogP contribution in [0.5, 0.6) is 0 Å². The molecule has 3 unspecified atom stereocenters. The predicted molar refractivity (Wildman–Crippen MR) is 89.6 cm³/mol. The first-order chi connectivity index (χ1) is 11.0. The zero-order valence-corrected chi connectivity index (χ0v) is 13.8. The van der Waals surface area contributed by atoms with Crippen LogP contribution in [0.3, 0.4) is 0 Å². The van der Waals surface area contributed by atoms with E-state index in [9.17, 15) is 4.79 Å². The van der Waals surface area contributed by atoms with Gasteiger partial charge in [-0.25, -0.2) is 4.98 Å². The van der Waals surface area contributed by atoms with E-state index >= 15 is 0 Å². The lowest BCUT2D eigenvalue weighted by Crippen LogP contribution is -2.50. The summed E-state index contributed by atoms with van der Waals surface area (Å²) < 4.78 is 0. The van der Waals surface area contributed by atoms with E-state index in [1.807, 2.05) is 19.9 Å². The molecule has 0 radical (unpaired) electrons. The number of carbonyl (C=O) groups is 1. The van der Waals surface area contributed by atoms with E-state index in [0.29, 0.717) is 17.4 Å². The maximum absolute atomic E-state index is 12.3. The van der Waals surface area contributed by atoms with Gasteiger partial charge in [-0.05, 0) is 32.0 Å². The highest BCUT2D eigenvalue weighted by molar-refractivity contribution is 6.31. The molecule has 1 aliphatic heterocycles. The van der Waals surface area contributed by atoms with E-state index in [4.69, 9.17) is 17.3 Å². The highest BCUT2D eigenvalue weighted by Crippen LogP contribution is 2.19. The van der Waals surface area contributed by atoms with Gasteiger partial charge in [0, 0.05) is 23.0 Å². The van der Waals surface area contributed by atoms with Crippen molar-refractivity contribution in [2.75, 3.05) is 0 Å². The molecule has 0 saturated carbocycles. The molecular formula is C15H21ClN6O. The highest BCUT2D eigenvalue weighted by Gasteiger charge is 2.37. The molecule has 1 amide bonds. The van der Waals surface area contributed by atoms with Crippen LogP contribution in [-0.2, 0) is 11.3 Å². The Bertz CT molecular complexity index is 707. The molecule has 3 rings (SSSR count). The van der Waals surface area contributed by atoms with E-state index in [2.05, 4.69) is 26.1 Å². The van der Waals surface area contributed by atoms with Crippen molar-refractivity contribution in [2.24, 2.45) is 11.7 Å². The van der Waals surface area contributed by atoms with E-state index in [0.717, 1.165) is 11.0 Å². The van der Waals surface area contributed by atoms with Gasteiger partial charge in [0.05, 0.1) is 23.6 Å². The number of H-pyrrole nitrogens is 1. The summed E-state index contributed by atoms with van der Waals surface area (Å²) in [5.74, 6) is 0.522. The van der Waals surface area contributed by atoms with Crippen LogP contribution in [0.15, 0.2) is 18.2 Å². The Morgan fingerprint density at radius 1 is 1.39 bits per heavy atom. The number of benzene rings is 1. The minimum Gasteiger partial charge on any atom is -0.348 e. The molecule has 2 aromatic rings. The van der Waals surface area contributed by atoms with Crippen LogP contribution in [0.25, 0.3) is 11.0 Å². The highest BCUT2D eigenvalue weighted by atomic mass is 35.5. The first kappa shape index (κ1) is 16.2. The third kappa shape index (κ3) is 3.32. The second-order valence-corrected chi connectivity index (χ2v) is 6.47. The predicted octanol–water partition coefficient (Wildman–Crippen LogP) is 0.661. The second kappa shape index (κ2) is 6.45. The third-order valence-electron chi connectivity index (χ3n) is 4.33. The fourth-order valence-electron chi connectivity index (χ4n) is 3.09. The quantitative estimate of drug-likeness (QED) is 0.564. The summed E-state index contributed by atoms with van der Waals surface area (Å²) in [6, 6.07) is 5.12. The fraction of sp³-hybridized carbons (Fsp3) is 0.467. The summed E-state index contributed by atoms with van der Waals surface area (Å²) >= 11 is 5.95. The van der Waals surface area contributed by atoms with Crippen molar-refractivity contribution >= 4 is 28.5 Å². The average molecular weight is 337 g/mol. The van der Waals surface area contributed by atoms with Crippen molar-refractivity contribution in [3.05, 3.63) is 29.0 Å². The molecular weight excluding hydrogens is 316 g/mol. The lowest BCUT2D eigenvalue weighted by atomic mass is 9.88. The van der Waals surface area contributed by atoms with Crippen molar-refractivity contribution in [2.45, 2.75) is 38.5 Å². The summed E-state index contributed by atoms with van der Waals surface area (Å²) in [7, 11) is 0. The zero-order chi connectivity index (χ0) is 16.6. The smallest absolute Gasteiger partial charge is 0.237 e. The van der Waals surface area contributed by atoms with Crippen LogP contribution in [0.2, 0.25) is 5.02 Å². The molecule has 1 fully saturated rings. The number of rotatable bonds is 4. The fourth-order valence-corrected chi connectivity index (χ4v) is 3.26. The number of halogens is 1. The number of hydrazine groups is 1. The second-order valence-electron chi connectivity index (χ2n) is 6.03. The Kier molecular flexibility index (Phi) is 4.54. The van der Waals surface area contributed by atoms with Gasteiger partial charge in [0.15, 0.2) is 0 Å². The number of hydrogen-bond acceptors (Lipinski definition) is 5.